The molecule has 2 rings (SSSR count). The van der Waals surface area contributed by atoms with Crippen molar-refractivity contribution in [2.45, 2.75) is 45.1 Å². The van der Waals surface area contributed by atoms with E-state index in [9.17, 15) is 5.11 Å². The van der Waals surface area contributed by atoms with Crippen LogP contribution in [0.5, 0.6) is 5.75 Å². The first kappa shape index (κ1) is 13.2. The lowest BCUT2D eigenvalue weighted by Gasteiger charge is -2.16. The molecule has 0 fully saturated rings. The number of benzene rings is 1. The number of rotatable bonds is 3. The van der Waals surface area contributed by atoms with Crippen LogP contribution in [-0.2, 0) is 0 Å². The summed E-state index contributed by atoms with van der Waals surface area (Å²) in [6, 6.07) is 5.92. The van der Waals surface area contributed by atoms with Gasteiger partial charge in [0.25, 0.3) is 0 Å². The van der Waals surface area contributed by atoms with Gasteiger partial charge in [-0.2, -0.15) is 0 Å². The van der Waals surface area contributed by atoms with Gasteiger partial charge >= 0.3 is 0 Å². The van der Waals surface area contributed by atoms with Crippen LogP contribution < -0.4 is 4.74 Å². The summed E-state index contributed by atoms with van der Waals surface area (Å²) in [5.74, 6) is 0.876. The third-order valence-electron chi connectivity index (χ3n) is 3.66. The highest BCUT2D eigenvalue weighted by Crippen LogP contribution is 2.31. The van der Waals surface area contributed by atoms with Crippen molar-refractivity contribution in [1.82, 2.24) is 0 Å². The van der Waals surface area contributed by atoms with E-state index in [0.717, 1.165) is 29.7 Å². The predicted molar refractivity (Wildman–Crippen MR) is 73.9 cm³/mol. The first-order valence-electron chi connectivity index (χ1n) is 6.74. The lowest BCUT2D eigenvalue weighted by molar-refractivity contribution is 0.210. The van der Waals surface area contributed by atoms with Crippen LogP contribution in [0.15, 0.2) is 29.8 Å². The van der Waals surface area contributed by atoms with Crippen molar-refractivity contribution in [2.24, 2.45) is 0 Å². The smallest absolute Gasteiger partial charge is 0.121 e. The van der Waals surface area contributed by atoms with Crippen LogP contribution in [-0.4, -0.2) is 12.2 Å². The van der Waals surface area contributed by atoms with E-state index in [1.165, 1.54) is 24.8 Å². The van der Waals surface area contributed by atoms with Gasteiger partial charge in [-0.25, -0.2) is 0 Å². The number of hydrogen-bond acceptors (Lipinski definition) is 2. The largest absolute Gasteiger partial charge is 0.496 e. The third-order valence-corrected chi connectivity index (χ3v) is 3.66. The predicted octanol–water partition coefficient (Wildman–Crippen LogP) is 3.93. The summed E-state index contributed by atoms with van der Waals surface area (Å²) >= 11 is 0. The van der Waals surface area contributed by atoms with Crippen molar-refractivity contribution in [2.75, 3.05) is 7.11 Å². The lowest BCUT2D eigenvalue weighted by atomic mass is 9.96. The molecule has 0 aliphatic heterocycles. The minimum atomic E-state index is -0.451. The summed E-state index contributed by atoms with van der Waals surface area (Å²) in [4.78, 5) is 0. The molecule has 0 heterocycles. The highest BCUT2D eigenvalue weighted by Gasteiger charge is 2.15. The normalized spacial score (nSPS) is 17.8. The van der Waals surface area contributed by atoms with Crippen molar-refractivity contribution in [3.8, 4) is 5.75 Å². The molecule has 0 aromatic heterocycles. The standard InChI is InChI=1S/C16H22O2/c1-12-11-14(9-10-15(12)18-2)16(17)13-7-5-3-4-6-8-13/h7,9-11,16-17H,3-6,8H2,1-2H3. The van der Waals surface area contributed by atoms with Crippen LogP contribution in [0.25, 0.3) is 0 Å². The first-order valence-corrected chi connectivity index (χ1v) is 6.74. The van der Waals surface area contributed by atoms with Crippen molar-refractivity contribution in [1.29, 1.82) is 0 Å². The fraction of sp³-hybridized carbons (Fsp3) is 0.500. The minimum Gasteiger partial charge on any atom is -0.496 e. The summed E-state index contributed by atoms with van der Waals surface area (Å²) < 4.78 is 5.25. The van der Waals surface area contributed by atoms with Crippen molar-refractivity contribution >= 4 is 0 Å². The fourth-order valence-corrected chi connectivity index (χ4v) is 2.57. The van der Waals surface area contributed by atoms with Gasteiger partial charge in [0.1, 0.15) is 11.9 Å². The van der Waals surface area contributed by atoms with Crippen LogP contribution in [0.4, 0.5) is 0 Å². The topological polar surface area (TPSA) is 29.5 Å². The Morgan fingerprint density at radius 1 is 1.22 bits per heavy atom. The third kappa shape index (κ3) is 2.94. The molecule has 1 aliphatic carbocycles. The Bertz CT molecular complexity index is 435. The van der Waals surface area contributed by atoms with Gasteiger partial charge in [0.2, 0.25) is 0 Å². The maximum Gasteiger partial charge on any atom is 0.121 e. The average molecular weight is 246 g/mol. The van der Waals surface area contributed by atoms with Gasteiger partial charge in [-0.15, -0.1) is 0 Å². The number of ether oxygens (including phenoxy) is 1. The molecule has 0 bridgehead atoms. The molecular weight excluding hydrogens is 224 g/mol. The second kappa shape index (κ2) is 6.05. The zero-order chi connectivity index (χ0) is 13.0. The molecule has 2 heteroatoms. The Morgan fingerprint density at radius 3 is 2.78 bits per heavy atom. The monoisotopic (exact) mass is 246 g/mol. The second-order valence-electron chi connectivity index (χ2n) is 5.01. The SMILES string of the molecule is COc1ccc(C(O)C2=CCCCCC2)cc1C. The quantitative estimate of drug-likeness (QED) is 0.819. The number of hydrogen-bond donors (Lipinski definition) is 1. The Balaban J connectivity index is 2.19. The number of aliphatic hydroxyl groups is 1. The molecule has 18 heavy (non-hydrogen) atoms. The van der Waals surface area contributed by atoms with Gasteiger partial charge in [0.15, 0.2) is 0 Å². The van der Waals surface area contributed by atoms with Gasteiger partial charge in [0, 0.05) is 0 Å². The fourth-order valence-electron chi connectivity index (χ4n) is 2.57. The molecule has 0 saturated heterocycles. The van der Waals surface area contributed by atoms with Gasteiger partial charge in [-0.1, -0.05) is 18.6 Å². The van der Waals surface area contributed by atoms with Crippen LogP contribution >= 0.6 is 0 Å². The van der Waals surface area contributed by atoms with E-state index in [1.54, 1.807) is 7.11 Å². The number of methoxy groups -OCH3 is 1. The van der Waals surface area contributed by atoms with E-state index in [4.69, 9.17) is 4.74 Å². The van der Waals surface area contributed by atoms with E-state index in [2.05, 4.69) is 6.08 Å². The number of allylic oxidation sites excluding steroid dienone is 1. The molecule has 0 saturated carbocycles. The molecule has 2 nitrogen and oxygen atoms in total. The molecule has 0 radical (unpaired) electrons. The highest BCUT2D eigenvalue weighted by atomic mass is 16.5. The number of aryl methyl sites for hydroxylation is 1. The summed E-state index contributed by atoms with van der Waals surface area (Å²) in [6.07, 6.45) is 7.60. The molecule has 0 amide bonds. The van der Waals surface area contributed by atoms with Gasteiger partial charge in [-0.3, -0.25) is 0 Å². The van der Waals surface area contributed by atoms with E-state index in [-0.39, 0.29) is 0 Å². The molecule has 1 N–H and O–H groups in total. The maximum atomic E-state index is 10.4. The average Bonchev–Trinajstić information content (AvgIpc) is 2.66. The summed E-state index contributed by atoms with van der Waals surface area (Å²) in [6.45, 7) is 2.01. The van der Waals surface area contributed by atoms with E-state index in [1.807, 2.05) is 25.1 Å². The second-order valence-corrected chi connectivity index (χ2v) is 5.01. The summed E-state index contributed by atoms with van der Waals surface area (Å²) in [5.41, 5.74) is 3.22. The molecule has 1 atom stereocenters. The maximum absolute atomic E-state index is 10.4. The van der Waals surface area contributed by atoms with Crippen LogP contribution in [0.1, 0.15) is 49.3 Å². The van der Waals surface area contributed by atoms with Crippen molar-refractivity contribution in [3.63, 3.8) is 0 Å². The van der Waals surface area contributed by atoms with Crippen LogP contribution in [0, 0.1) is 6.92 Å². The van der Waals surface area contributed by atoms with Gasteiger partial charge in [0.05, 0.1) is 7.11 Å². The first-order chi connectivity index (χ1) is 8.72. The number of aliphatic hydroxyl groups excluding tert-OH is 1. The lowest BCUT2D eigenvalue weighted by Crippen LogP contribution is -2.02. The molecule has 98 valence electrons. The Morgan fingerprint density at radius 2 is 2.06 bits per heavy atom. The van der Waals surface area contributed by atoms with Crippen LogP contribution in [0.2, 0.25) is 0 Å². The molecule has 0 spiro atoms. The van der Waals surface area contributed by atoms with Crippen molar-refractivity contribution in [3.05, 3.63) is 41.0 Å². The minimum absolute atomic E-state index is 0.451. The van der Waals surface area contributed by atoms with Crippen molar-refractivity contribution < 1.29 is 9.84 Å². The Labute approximate surface area is 109 Å². The van der Waals surface area contributed by atoms with Crippen LogP contribution in [0.3, 0.4) is 0 Å². The summed E-state index contributed by atoms with van der Waals surface area (Å²) in [5, 5.41) is 10.4. The van der Waals surface area contributed by atoms with E-state index >= 15 is 0 Å². The van der Waals surface area contributed by atoms with Gasteiger partial charge < -0.3 is 9.84 Å². The summed E-state index contributed by atoms with van der Waals surface area (Å²) in [7, 11) is 1.67. The zero-order valence-electron chi connectivity index (χ0n) is 11.3. The molecule has 1 aliphatic rings. The zero-order valence-corrected chi connectivity index (χ0v) is 11.3. The molecule has 1 aromatic carbocycles. The highest BCUT2D eigenvalue weighted by molar-refractivity contribution is 5.39. The Hall–Kier alpha value is -1.28. The Kier molecular flexibility index (Phi) is 4.43. The molecule has 1 unspecified atom stereocenters. The molecular formula is C16H22O2. The van der Waals surface area contributed by atoms with E-state index < -0.39 is 6.10 Å². The molecule has 1 aromatic rings. The van der Waals surface area contributed by atoms with Gasteiger partial charge in [-0.05, 0) is 61.4 Å². The van der Waals surface area contributed by atoms with E-state index in [0.29, 0.717) is 0 Å².